The second-order valence-corrected chi connectivity index (χ2v) is 5.93. The van der Waals surface area contributed by atoms with E-state index in [4.69, 9.17) is 9.47 Å². The number of hydrazine groups is 1. The van der Waals surface area contributed by atoms with Gasteiger partial charge in [0, 0.05) is 6.54 Å². The number of carbonyl (C=O) groups excluding carboxylic acids is 2. The zero-order valence-electron chi connectivity index (χ0n) is 13.8. The van der Waals surface area contributed by atoms with Crippen LogP contribution in [0.5, 0.6) is 0 Å². The third-order valence-corrected chi connectivity index (χ3v) is 2.84. The maximum atomic E-state index is 11.9. The Bertz CT molecular complexity index is 497. The molecule has 0 saturated heterocycles. The highest BCUT2D eigenvalue weighted by Gasteiger charge is 2.26. The van der Waals surface area contributed by atoms with Crippen LogP contribution in [0.3, 0.4) is 0 Å². The molecular formula is C16H24N2O4. The van der Waals surface area contributed by atoms with Gasteiger partial charge in [-0.05, 0) is 33.3 Å². The van der Waals surface area contributed by atoms with Crippen LogP contribution in [0.25, 0.3) is 0 Å². The van der Waals surface area contributed by atoms with Crippen molar-refractivity contribution < 1.29 is 19.1 Å². The molecule has 6 heteroatoms. The molecule has 0 aliphatic carbocycles. The minimum atomic E-state index is -0.641. The van der Waals surface area contributed by atoms with E-state index in [0.717, 1.165) is 5.56 Å². The summed E-state index contributed by atoms with van der Waals surface area (Å²) in [5.74, 6) is -0.438. The summed E-state index contributed by atoms with van der Waals surface area (Å²) in [5, 5.41) is 1.50. The first kappa shape index (κ1) is 18.0. The minimum absolute atomic E-state index is 0.357. The summed E-state index contributed by atoms with van der Waals surface area (Å²) in [5.41, 5.74) is 2.95. The second-order valence-electron chi connectivity index (χ2n) is 5.93. The average Bonchev–Trinajstić information content (AvgIpc) is 2.44. The van der Waals surface area contributed by atoms with Crippen molar-refractivity contribution in [2.45, 2.75) is 45.9 Å². The second kappa shape index (κ2) is 7.79. The molecule has 122 valence electrons. The van der Waals surface area contributed by atoms with Gasteiger partial charge in [0.2, 0.25) is 0 Å². The molecule has 0 aliphatic heterocycles. The van der Waals surface area contributed by atoms with E-state index in [9.17, 15) is 9.59 Å². The van der Waals surface area contributed by atoms with Crippen LogP contribution in [0, 0.1) is 0 Å². The van der Waals surface area contributed by atoms with Gasteiger partial charge >= 0.3 is 12.1 Å². The van der Waals surface area contributed by atoms with Gasteiger partial charge in [-0.1, -0.05) is 30.3 Å². The summed E-state index contributed by atoms with van der Waals surface area (Å²) < 4.78 is 9.97. The molecule has 0 saturated carbocycles. The van der Waals surface area contributed by atoms with Crippen molar-refractivity contribution in [3.8, 4) is 0 Å². The van der Waals surface area contributed by atoms with Crippen LogP contribution in [0.15, 0.2) is 30.3 Å². The highest BCUT2D eigenvalue weighted by Crippen LogP contribution is 2.10. The van der Waals surface area contributed by atoms with E-state index in [-0.39, 0.29) is 0 Å². The lowest BCUT2D eigenvalue weighted by Crippen LogP contribution is -2.51. The number of amides is 1. The predicted octanol–water partition coefficient (Wildman–Crippen LogP) is 2.49. The molecule has 1 rings (SSSR count). The highest BCUT2D eigenvalue weighted by molar-refractivity contribution is 5.76. The van der Waals surface area contributed by atoms with Crippen LogP contribution in [-0.2, 0) is 20.8 Å². The number of nitrogens with zero attached hydrogens (tertiary/aromatic N) is 1. The molecule has 1 aromatic rings. The van der Waals surface area contributed by atoms with Crippen molar-refractivity contribution in [3.63, 3.8) is 0 Å². The number of esters is 1. The van der Waals surface area contributed by atoms with E-state index < -0.39 is 23.7 Å². The van der Waals surface area contributed by atoms with E-state index in [2.05, 4.69) is 5.43 Å². The molecule has 6 nitrogen and oxygen atoms in total. The van der Waals surface area contributed by atoms with Gasteiger partial charge in [-0.25, -0.2) is 9.80 Å². The number of nitrogens with one attached hydrogen (secondary N) is 1. The Labute approximate surface area is 131 Å². The van der Waals surface area contributed by atoms with Gasteiger partial charge in [-0.15, -0.1) is 0 Å². The van der Waals surface area contributed by atoms with Crippen LogP contribution in [0.1, 0.15) is 33.3 Å². The van der Waals surface area contributed by atoms with Crippen LogP contribution < -0.4 is 5.43 Å². The van der Waals surface area contributed by atoms with Crippen molar-refractivity contribution in [1.82, 2.24) is 10.4 Å². The molecule has 0 aliphatic rings. The van der Waals surface area contributed by atoms with Crippen LogP contribution in [0.2, 0.25) is 0 Å². The summed E-state index contributed by atoms with van der Waals surface area (Å²) in [7, 11) is 1.31. The van der Waals surface area contributed by atoms with Gasteiger partial charge in [0.25, 0.3) is 0 Å². The van der Waals surface area contributed by atoms with Crippen LogP contribution in [0.4, 0.5) is 4.79 Å². The van der Waals surface area contributed by atoms with Gasteiger partial charge in [0.1, 0.15) is 11.6 Å². The van der Waals surface area contributed by atoms with Crippen LogP contribution >= 0.6 is 0 Å². The number of rotatable bonds is 5. The Morgan fingerprint density at radius 3 is 2.32 bits per heavy atom. The van der Waals surface area contributed by atoms with Crippen molar-refractivity contribution >= 4 is 12.1 Å². The van der Waals surface area contributed by atoms with E-state index in [1.165, 1.54) is 12.1 Å². The lowest BCUT2D eigenvalue weighted by molar-refractivity contribution is -0.147. The molecular weight excluding hydrogens is 284 g/mol. The standard InChI is InChI=1S/C16H24N2O4/c1-12(14(19)21-5)18(11-13-9-7-6-8-10-13)17-15(20)22-16(2,3)4/h6-10,12H,11H2,1-5H3,(H,17,20)/t12-/m0/s1. The fourth-order valence-electron chi connectivity index (χ4n) is 1.77. The molecule has 1 atom stereocenters. The largest absolute Gasteiger partial charge is 0.468 e. The molecule has 0 unspecified atom stereocenters. The van der Waals surface area contributed by atoms with Gasteiger partial charge in [-0.3, -0.25) is 10.2 Å². The zero-order chi connectivity index (χ0) is 16.8. The van der Waals surface area contributed by atoms with E-state index in [0.29, 0.717) is 6.54 Å². The fraction of sp³-hybridized carbons (Fsp3) is 0.500. The zero-order valence-corrected chi connectivity index (χ0v) is 13.8. The number of hydrogen-bond acceptors (Lipinski definition) is 5. The van der Waals surface area contributed by atoms with Gasteiger partial charge in [0.15, 0.2) is 0 Å². The lowest BCUT2D eigenvalue weighted by Gasteiger charge is -2.29. The smallest absolute Gasteiger partial charge is 0.422 e. The van der Waals surface area contributed by atoms with Crippen molar-refractivity contribution in [3.05, 3.63) is 35.9 Å². The Hall–Kier alpha value is -2.08. The maximum absolute atomic E-state index is 11.9. The lowest BCUT2D eigenvalue weighted by atomic mass is 10.2. The van der Waals surface area contributed by atoms with Crippen molar-refractivity contribution in [1.29, 1.82) is 0 Å². The number of hydrogen-bond donors (Lipinski definition) is 1. The Morgan fingerprint density at radius 2 is 1.82 bits per heavy atom. The monoisotopic (exact) mass is 308 g/mol. The number of benzene rings is 1. The normalized spacial score (nSPS) is 12.6. The van der Waals surface area contributed by atoms with E-state index >= 15 is 0 Å². The topological polar surface area (TPSA) is 67.9 Å². The quantitative estimate of drug-likeness (QED) is 0.668. The van der Waals surface area contributed by atoms with E-state index in [1.807, 2.05) is 30.3 Å². The van der Waals surface area contributed by atoms with Gasteiger partial charge < -0.3 is 9.47 Å². The Balaban J connectivity index is 2.82. The molecule has 1 amide bonds. The predicted molar refractivity (Wildman–Crippen MR) is 82.8 cm³/mol. The first-order valence-electron chi connectivity index (χ1n) is 7.11. The molecule has 0 radical (unpaired) electrons. The Morgan fingerprint density at radius 1 is 1.23 bits per heavy atom. The molecule has 0 heterocycles. The first-order valence-corrected chi connectivity index (χ1v) is 7.11. The third kappa shape index (κ3) is 6.13. The summed E-state index contributed by atoms with van der Waals surface area (Å²) in [4.78, 5) is 23.7. The van der Waals surface area contributed by atoms with Crippen LogP contribution in [-0.4, -0.2) is 35.8 Å². The van der Waals surface area contributed by atoms with Gasteiger partial charge in [-0.2, -0.15) is 0 Å². The molecule has 1 aromatic carbocycles. The SMILES string of the molecule is COC(=O)[C@H](C)N(Cc1ccccc1)NC(=O)OC(C)(C)C. The van der Waals surface area contributed by atoms with Crippen molar-refractivity contribution in [2.75, 3.05) is 7.11 Å². The molecule has 0 bridgehead atoms. The van der Waals surface area contributed by atoms with Gasteiger partial charge in [0.05, 0.1) is 7.11 Å². The highest BCUT2D eigenvalue weighted by atomic mass is 16.6. The number of carbonyl (C=O) groups is 2. The third-order valence-electron chi connectivity index (χ3n) is 2.84. The number of ether oxygens (including phenoxy) is 2. The minimum Gasteiger partial charge on any atom is -0.468 e. The average molecular weight is 308 g/mol. The van der Waals surface area contributed by atoms with Crippen molar-refractivity contribution in [2.24, 2.45) is 0 Å². The summed E-state index contributed by atoms with van der Waals surface area (Å²) in [6, 6.07) is 8.87. The summed E-state index contributed by atoms with van der Waals surface area (Å²) in [6.07, 6.45) is -0.612. The number of methoxy groups -OCH3 is 1. The molecule has 0 aromatic heterocycles. The summed E-state index contributed by atoms with van der Waals surface area (Å²) >= 11 is 0. The summed E-state index contributed by atoms with van der Waals surface area (Å²) in [6.45, 7) is 7.34. The molecule has 0 spiro atoms. The molecule has 1 N–H and O–H groups in total. The Kier molecular flexibility index (Phi) is 6.37. The fourth-order valence-corrected chi connectivity index (χ4v) is 1.77. The maximum Gasteiger partial charge on any atom is 0.422 e. The van der Waals surface area contributed by atoms with E-state index in [1.54, 1.807) is 27.7 Å². The molecule has 22 heavy (non-hydrogen) atoms. The first-order chi connectivity index (χ1) is 10.2. The molecule has 0 fully saturated rings.